The molecule has 0 bridgehead atoms. The number of thiophene rings is 2. The Balaban J connectivity index is 2.21. The Morgan fingerprint density at radius 2 is 2.25 bits per heavy atom. The molecular formula is C9H11NS2. The van der Waals surface area contributed by atoms with Crippen LogP contribution in [-0.4, -0.2) is 6.54 Å². The van der Waals surface area contributed by atoms with Crippen molar-refractivity contribution in [3.8, 4) is 0 Å². The number of hydrogen-bond donors (Lipinski definition) is 1. The molecule has 3 heteroatoms. The monoisotopic (exact) mass is 197 g/mol. The number of fused-ring (bicyclic) bond motifs is 1. The summed E-state index contributed by atoms with van der Waals surface area (Å²) >= 11 is 3.72. The minimum atomic E-state index is 0.797. The Morgan fingerprint density at radius 1 is 1.33 bits per heavy atom. The minimum Gasteiger partial charge on any atom is -0.330 e. The van der Waals surface area contributed by atoms with E-state index in [1.54, 1.807) is 0 Å². The van der Waals surface area contributed by atoms with Crippen LogP contribution in [0.1, 0.15) is 11.3 Å². The van der Waals surface area contributed by atoms with Gasteiger partial charge >= 0.3 is 0 Å². The van der Waals surface area contributed by atoms with Gasteiger partial charge in [-0.15, -0.1) is 22.7 Å². The molecule has 0 saturated heterocycles. The van der Waals surface area contributed by atoms with Crippen LogP contribution in [0.3, 0.4) is 0 Å². The molecule has 0 aromatic carbocycles. The molecule has 0 radical (unpaired) electrons. The SMILES string of the molecule is NCCCc1cc2sccc2s1. The van der Waals surface area contributed by atoms with Crippen molar-refractivity contribution in [2.45, 2.75) is 12.8 Å². The largest absolute Gasteiger partial charge is 0.330 e. The molecule has 0 saturated carbocycles. The van der Waals surface area contributed by atoms with Crippen molar-refractivity contribution in [2.24, 2.45) is 5.73 Å². The predicted octanol–water partition coefficient (Wildman–Crippen LogP) is 2.85. The second kappa shape index (κ2) is 3.56. The van der Waals surface area contributed by atoms with Crippen LogP contribution in [0.2, 0.25) is 0 Å². The van der Waals surface area contributed by atoms with E-state index >= 15 is 0 Å². The molecular weight excluding hydrogens is 186 g/mol. The second-order valence-corrected chi connectivity index (χ2v) is 4.87. The van der Waals surface area contributed by atoms with Gasteiger partial charge in [0, 0.05) is 14.3 Å². The minimum absolute atomic E-state index is 0.797. The molecule has 1 nitrogen and oxygen atoms in total. The Morgan fingerprint density at radius 3 is 3.00 bits per heavy atom. The molecule has 2 aromatic rings. The smallest absolute Gasteiger partial charge is 0.0453 e. The molecule has 2 aromatic heterocycles. The summed E-state index contributed by atoms with van der Waals surface area (Å²) in [5.74, 6) is 0. The molecule has 0 fully saturated rings. The number of rotatable bonds is 3. The van der Waals surface area contributed by atoms with E-state index in [9.17, 15) is 0 Å². The van der Waals surface area contributed by atoms with Gasteiger partial charge in [-0.05, 0) is 36.9 Å². The Bertz CT molecular complexity index is 333. The Labute approximate surface area is 79.8 Å². The van der Waals surface area contributed by atoms with E-state index in [-0.39, 0.29) is 0 Å². The molecule has 64 valence electrons. The summed E-state index contributed by atoms with van der Waals surface area (Å²) in [5, 5.41) is 2.15. The van der Waals surface area contributed by atoms with Crippen molar-refractivity contribution in [1.29, 1.82) is 0 Å². The number of hydrogen-bond acceptors (Lipinski definition) is 3. The molecule has 2 heterocycles. The van der Waals surface area contributed by atoms with Gasteiger partial charge in [0.05, 0.1) is 0 Å². The molecule has 12 heavy (non-hydrogen) atoms. The highest BCUT2D eigenvalue weighted by atomic mass is 32.1. The molecule has 0 aliphatic carbocycles. The summed E-state index contributed by atoms with van der Waals surface area (Å²) in [6, 6.07) is 4.48. The first-order valence-electron chi connectivity index (χ1n) is 4.06. The van der Waals surface area contributed by atoms with E-state index in [1.807, 2.05) is 22.7 Å². The summed E-state index contributed by atoms with van der Waals surface area (Å²) in [4.78, 5) is 1.47. The lowest BCUT2D eigenvalue weighted by Crippen LogP contribution is -1.99. The first-order valence-corrected chi connectivity index (χ1v) is 5.76. The molecule has 0 spiro atoms. The van der Waals surface area contributed by atoms with Gasteiger partial charge in [-0.1, -0.05) is 0 Å². The van der Waals surface area contributed by atoms with Crippen LogP contribution in [0.5, 0.6) is 0 Å². The van der Waals surface area contributed by atoms with E-state index < -0.39 is 0 Å². The highest BCUT2D eigenvalue weighted by molar-refractivity contribution is 7.26. The summed E-state index contributed by atoms with van der Waals surface area (Å²) in [7, 11) is 0. The third-order valence-electron chi connectivity index (χ3n) is 1.82. The van der Waals surface area contributed by atoms with Gasteiger partial charge in [-0.2, -0.15) is 0 Å². The van der Waals surface area contributed by atoms with Crippen LogP contribution in [0, 0.1) is 0 Å². The number of nitrogens with two attached hydrogens (primary N) is 1. The van der Waals surface area contributed by atoms with Crippen molar-refractivity contribution in [3.63, 3.8) is 0 Å². The van der Waals surface area contributed by atoms with Crippen LogP contribution >= 0.6 is 22.7 Å². The highest BCUT2D eigenvalue weighted by Crippen LogP contribution is 2.30. The third-order valence-corrected chi connectivity index (χ3v) is 3.97. The maximum absolute atomic E-state index is 5.45. The molecule has 2 N–H and O–H groups in total. The van der Waals surface area contributed by atoms with E-state index in [0.29, 0.717) is 0 Å². The number of aryl methyl sites for hydroxylation is 1. The fraction of sp³-hybridized carbons (Fsp3) is 0.333. The van der Waals surface area contributed by atoms with Gasteiger partial charge in [-0.25, -0.2) is 0 Å². The van der Waals surface area contributed by atoms with E-state index in [1.165, 1.54) is 14.3 Å². The summed E-state index contributed by atoms with van der Waals surface area (Å²) in [5.41, 5.74) is 5.45. The Hall–Kier alpha value is -0.380. The normalized spacial score (nSPS) is 11.1. The van der Waals surface area contributed by atoms with Gasteiger partial charge in [0.25, 0.3) is 0 Å². The van der Waals surface area contributed by atoms with E-state index in [4.69, 9.17) is 5.73 Å². The van der Waals surface area contributed by atoms with Crippen LogP contribution in [0.4, 0.5) is 0 Å². The van der Waals surface area contributed by atoms with Gasteiger partial charge in [0.1, 0.15) is 0 Å². The van der Waals surface area contributed by atoms with Crippen molar-refractivity contribution >= 4 is 32.1 Å². The lowest BCUT2D eigenvalue weighted by molar-refractivity contribution is 0.843. The van der Waals surface area contributed by atoms with Crippen molar-refractivity contribution in [1.82, 2.24) is 0 Å². The predicted molar refractivity (Wildman–Crippen MR) is 57.1 cm³/mol. The summed E-state index contributed by atoms with van der Waals surface area (Å²) in [6.07, 6.45) is 2.25. The van der Waals surface area contributed by atoms with Gasteiger partial charge in [-0.3, -0.25) is 0 Å². The summed E-state index contributed by atoms with van der Waals surface area (Å²) in [6.45, 7) is 0.797. The first-order chi connectivity index (χ1) is 5.90. The fourth-order valence-corrected chi connectivity index (χ4v) is 3.39. The molecule has 0 amide bonds. The Kier molecular flexibility index (Phi) is 2.44. The van der Waals surface area contributed by atoms with Crippen molar-refractivity contribution < 1.29 is 0 Å². The molecule has 0 unspecified atom stereocenters. The van der Waals surface area contributed by atoms with Crippen LogP contribution in [-0.2, 0) is 6.42 Å². The van der Waals surface area contributed by atoms with Gasteiger partial charge < -0.3 is 5.73 Å². The average molecular weight is 197 g/mol. The van der Waals surface area contributed by atoms with Gasteiger partial charge in [0.2, 0.25) is 0 Å². The lowest BCUT2D eigenvalue weighted by Gasteiger charge is -1.91. The maximum atomic E-state index is 5.45. The lowest BCUT2D eigenvalue weighted by atomic mass is 10.3. The van der Waals surface area contributed by atoms with Crippen molar-refractivity contribution in [3.05, 3.63) is 22.4 Å². The zero-order valence-corrected chi connectivity index (χ0v) is 8.38. The van der Waals surface area contributed by atoms with Crippen molar-refractivity contribution in [2.75, 3.05) is 6.54 Å². The third kappa shape index (κ3) is 1.53. The zero-order chi connectivity index (χ0) is 8.39. The average Bonchev–Trinajstić information content (AvgIpc) is 2.58. The molecule has 0 atom stereocenters. The summed E-state index contributed by atoms with van der Waals surface area (Å²) < 4.78 is 2.85. The van der Waals surface area contributed by atoms with Crippen LogP contribution < -0.4 is 5.73 Å². The molecule has 0 aliphatic rings. The molecule has 0 aliphatic heterocycles. The van der Waals surface area contributed by atoms with E-state index in [2.05, 4.69) is 17.5 Å². The first kappa shape index (κ1) is 8.23. The fourth-order valence-electron chi connectivity index (χ4n) is 1.22. The standard InChI is InChI=1S/C9H11NS2/c10-4-1-2-7-6-9-8(12-7)3-5-11-9/h3,5-6H,1-2,4,10H2. The van der Waals surface area contributed by atoms with Gasteiger partial charge in [0.15, 0.2) is 0 Å². The van der Waals surface area contributed by atoms with Crippen LogP contribution in [0.25, 0.3) is 9.40 Å². The quantitative estimate of drug-likeness (QED) is 0.804. The molecule has 2 rings (SSSR count). The topological polar surface area (TPSA) is 26.0 Å². The van der Waals surface area contributed by atoms with Crippen LogP contribution in [0.15, 0.2) is 17.5 Å². The van der Waals surface area contributed by atoms with E-state index in [0.717, 1.165) is 19.4 Å². The zero-order valence-electron chi connectivity index (χ0n) is 6.75. The second-order valence-electron chi connectivity index (χ2n) is 2.75. The highest BCUT2D eigenvalue weighted by Gasteiger charge is 2.01. The maximum Gasteiger partial charge on any atom is 0.0453 e.